The fourth-order valence-corrected chi connectivity index (χ4v) is 9.47. The first kappa shape index (κ1) is 34.9. The van der Waals surface area contributed by atoms with Gasteiger partial charge in [-0.1, -0.05) is 158 Å². The van der Waals surface area contributed by atoms with Gasteiger partial charge in [-0.2, -0.15) is 0 Å². The summed E-state index contributed by atoms with van der Waals surface area (Å²) in [5, 5.41) is 7.37. The van der Waals surface area contributed by atoms with Crippen LogP contribution in [0.15, 0.2) is 237 Å². The van der Waals surface area contributed by atoms with Crippen molar-refractivity contribution in [1.29, 1.82) is 0 Å². The second kappa shape index (κ2) is 14.3. The van der Waals surface area contributed by atoms with Gasteiger partial charge in [-0.05, 0) is 112 Å². The minimum Gasteiger partial charge on any atom is -0.310 e. The van der Waals surface area contributed by atoms with Crippen molar-refractivity contribution in [3.63, 3.8) is 0 Å². The van der Waals surface area contributed by atoms with Gasteiger partial charge in [0.25, 0.3) is 0 Å². The van der Waals surface area contributed by atoms with Crippen LogP contribution < -0.4 is 4.90 Å². The second-order valence-electron chi connectivity index (χ2n) is 15.8. The van der Waals surface area contributed by atoms with Gasteiger partial charge in [-0.15, -0.1) is 0 Å². The predicted molar refractivity (Wildman–Crippen MR) is 258 cm³/mol. The molecule has 0 bridgehead atoms. The highest BCUT2D eigenvalue weighted by Crippen LogP contribution is 2.45. The minimum atomic E-state index is 1.09. The van der Waals surface area contributed by atoms with Crippen molar-refractivity contribution in [2.24, 2.45) is 0 Å². The molecule has 12 aromatic rings. The maximum absolute atomic E-state index is 2.44. The van der Waals surface area contributed by atoms with Crippen molar-refractivity contribution in [3.8, 4) is 33.6 Å². The van der Waals surface area contributed by atoms with E-state index < -0.39 is 0 Å². The summed E-state index contributed by atoms with van der Waals surface area (Å²) in [7, 11) is 0. The molecule has 61 heavy (non-hydrogen) atoms. The molecule has 0 atom stereocenters. The first-order chi connectivity index (χ1) is 30.3. The number of hydrogen-bond donors (Lipinski definition) is 0. The van der Waals surface area contributed by atoms with E-state index in [-0.39, 0.29) is 0 Å². The summed E-state index contributed by atoms with van der Waals surface area (Å²) in [4.78, 5) is 2.44. The lowest BCUT2D eigenvalue weighted by Gasteiger charge is -2.27. The van der Waals surface area contributed by atoms with Crippen molar-refractivity contribution < 1.29 is 0 Å². The lowest BCUT2D eigenvalue weighted by Crippen LogP contribution is -2.10. The number of benzene rings is 10. The summed E-state index contributed by atoms with van der Waals surface area (Å²) in [6, 6.07) is 86.0. The molecular weight excluding hydrogens is 739 g/mol. The van der Waals surface area contributed by atoms with Gasteiger partial charge in [-0.25, -0.2) is 0 Å². The number of para-hydroxylation sites is 3. The van der Waals surface area contributed by atoms with Gasteiger partial charge in [0.15, 0.2) is 0 Å². The highest BCUT2D eigenvalue weighted by atomic mass is 15.1. The number of nitrogens with zero attached hydrogens (tertiary/aromatic N) is 3. The number of anilines is 3. The molecule has 0 saturated heterocycles. The molecule has 0 spiro atoms. The van der Waals surface area contributed by atoms with E-state index in [9.17, 15) is 0 Å². The summed E-state index contributed by atoms with van der Waals surface area (Å²) in [5.74, 6) is 0. The Labute approximate surface area is 354 Å². The van der Waals surface area contributed by atoms with Crippen LogP contribution >= 0.6 is 0 Å². The number of aromatic nitrogens is 2. The summed E-state index contributed by atoms with van der Waals surface area (Å²) in [6.07, 6.45) is 0. The summed E-state index contributed by atoms with van der Waals surface area (Å²) < 4.78 is 4.82. The maximum Gasteiger partial charge on any atom is 0.0562 e. The van der Waals surface area contributed by atoms with E-state index in [1.807, 2.05) is 0 Å². The molecule has 0 saturated carbocycles. The molecule has 0 radical (unpaired) electrons. The molecule has 0 aliphatic heterocycles. The van der Waals surface area contributed by atoms with Crippen molar-refractivity contribution in [2.45, 2.75) is 0 Å². The zero-order valence-electron chi connectivity index (χ0n) is 33.4. The highest BCUT2D eigenvalue weighted by Gasteiger charge is 2.22. The van der Waals surface area contributed by atoms with Crippen LogP contribution in [0.4, 0.5) is 17.1 Å². The Morgan fingerprint density at radius 3 is 1.67 bits per heavy atom. The Balaban J connectivity index is 1.07. The second-order valence-corrected chi connectivity index (χ2v) is 15.8. The fourth-order valence-electron chi connectivity index (χ4n) is 9.47. The molecule has 0 fully saturated rings. The van der Waals surface area contributed by atoms with E-state index in [0.29, 0.717) is 0 Å². The maximum atomic E-state index is 2.44. The quantitative estimate of drug-likeness (QED) is 0.157. The van der Waals surface area contributed by atoms with Gasteiger partial charge in [-0.3, -0.25) is 0 Å². The smallest absolute Gasteiger partial charge is 0.0562 e. The van der Waals surface area contributed by atoms with Crippen LogP contribution in [0.5, 0.6) is 0 Å². The SMILES string of the molecule is c1ccc(-c2ccc(N(c3cccc(-c4ccc5c6ccccc6n(-c6ccccc6)c5c4)c3)c3cccc4c3c3ccccc3n4-c3ccc4ccccc4c3)cc2)cc1. The lowest BCUT2D eigenvalue weighted by molar-refractivity contribution is 1.18. The van der Waals surface area contributed by atoms with Crippen LogP contribution in [0.2, 0.25) is 0 Å². The van der Waals surface area contributed by atoms with Crippen LogP contribution in [0.3, 0.4) is 0 Å². The Hall–Kier alpha value is -8.14. The first-order valence-corrected chi connectivity index (χ1v) is 20.9. The average molecular weight is 778 g/mol. The van der Waals surface area contributed by atoms with E-state index in [2.05, 4.69) is 251 Å². The molecule has 286 valence electrons. The molecule has 3 nitrogen and oxygen atoms in total. The monoisotopic (exact) mass is 777 g/mol. The Bertz CT molecular complexity index is 3580. The third-order valence-electron chi connectivity index (χ3n) is 12.3. The number of hydrogen-bond acceptors (Lipinski definition) is 1. The molecule has 0 aliphatic carbocycles. The third kappa shape index (κ3) is 5.82. The molecule has 0 N–H and O–H groups in total. The third-order valence-corrected chi connectivity index (χ3v) is 12.3. The van der Waals surface area contributed by atoms with Gasteiger partial charge in [0.05, 0.1) is 27.8 Å². The Kier molecular flexibility index (Phi) is 8.17. The summed E-state index contributed by atoms with van der Waals surface area (Å²) in [5.41, 5.74) is 15.0. The topological polar surface area (TPSA) is 13.1 Å². The first-order valence-electron chi connectivity index (χ1n) is 20.9. The molecule has 0 aliphatic rings. The van der Waals surface area contributed by atoms with Gasteiger partial charge in [0, 0.05) is 44.3 Å². The number of fused-ring (bicyclic) bond motifs is 7. The lowest BCUT2D eigenvalue weighted by atomic mass is 10.0. The van der Waals surface area contributed by atoms with Gasteiger partial charge < -0.3 is 14.0 Å². The normalized spacial score (nSPS) is 11.6. The largest absolute Gasteiger partial charge is 0.310 e. The molecule has 2 heterocycles. The van der Waals surface area contributed by atoms with E-state index in [4.69, 9.17) is 0 Å². The van der Waals surface area contributed by atoms with Crippen molar-refractivity contribution in [3.05, 3.63) is 237 Å². The molecule has 10 aromatic carbocycles. The van der Waals surface area contributed by atoms with Crippen LogP contribution in [-0.4, -0.2) is 9.13 Å². The zero-order chi connectivity index (χ0) is 40.3. The number of rotatable bonds is 7. The van der Waals surface area contributed by atoms with Gasteiger partial charge in [0.1, 0.15) is 0 Å². The highest BCUT2D eigenvalue weighted by molar-refractivity contribution is 6.17. The predicted octanol–water partition coefficient (Wildman–Crippen LogP) is 15.8. The van der Waals surface area contributed by atoms with E-state index in [0.717, 1.165) is 39.5 Å². The zero-order valence-corrected chi connectivity index (χ0v) is 33.4. The van der Waals surface area contributed by atoms with Crippen molar-refractivity contribution >= 4 is 71.4 Å². The summed E-state index contributed by atoms with van der Waals surface area (Å²) in [6.45, 7) is 0. The van der Waals surface area contributed by atoms with Crippen molar-refractivity contribution in [1.82, 2.24) is 9.13 Å². The molecule has 2 aromatic heterocycles. The van der Waals surface area contributed by atoms with Crippen LogP contribution in [0.25, 0.3) is 88.0 Å². The molecule has 3 heteroatoms. The standard InChI is InChI=1S/C58H39N3/c1-3-15-40(16-4-1)42-29-33-47(34-30-42)59(55-27-14-28-56-58(55)52-24-10-12-26-54(52)61(56)49-35-31-41-17-7-8-18-43(41)37-49)48-22-13-19-44(38-48)45-32-36-51-50-23-9-11-25-53(50)60(57(51)39-45)46-20-5-2-6-21-46/h1-39H. The minimum absolute atomic E-state index is 1.09. The Morgan fingerprint density at radius 1 is 0.279 bits per heavy atom. The van der Waals surface area contributed by atoms with Gasteiger partial charge in [0.2, 0.25) is 0 Å². The van der Waals surface area contributed by atoms with Gasteiger partial charge >= 0.3 is 0 Å². The van der Waals surface area contributed by atoms with Crippen LogP contribution in [0, 0.1) is 0 Å². The molecule has 0 amide bonds. The van der Waals surface area contributed by atoms with Crippen LogP contribution in [-0.2, 0) is 0 Å². The van der Waals surface area contributed by atoms with E-state index >= 15 is 0 Å². The average Bonchev–Trinajstić information content (AvgIpc) is 3.85. The molecular formula is C58H39N3. The van der Waals surface area contributed by atoms with E-state index in [1.54, 1.807) is 0 Å². The Morgan fingerprint density at radius 2 is 0.852 bits per heavy atom. The molecule has 12 rings (SSSR count). The van der Waals surface area contributed by atoms with Crippen LogP contribution in [0.1, 0.15) is 0 Å². The summed E-state index contributed by atoms with van der Waals surface area (Å²) >= 11 is 0. The molecule has 0 unspecified atom stereocenters. The van der Waals surface area contributed by atoms with E-state index in [1.165, 1.54) is 65.6 Å². The fraction of sp³-hybridized carbons (Fsp3) is 0. The van der Waals surface area contributed by atoms with Crippen molar-refractivity contribution in [2.75, 3.05) is 4.90 Å².